The second-order valence-electron chi connectivity index (χ2n) is 7.19. The highest BCUT2D eigenvalue weighted by Gasteiger charge is 2.32. The Morgan fingerprint density at radius 1 is 1.36 bits per heavy atom. The molecule has 2 aliphatic rings. The maximum Gasteiger partial charge on any atom is 0.244 e. The van der Waals surface area contributed by atoms with Gasteiger partial charge < -0.3 is 19.5 Å². The van der Waals surface area contributed by atoms with Crippen molar-refractivity contribution in [3.05, 3.63) is 48.7 Å². The van der Waals surface area contributed by atoms with Crippen molar-refractivity contribution >= 4 is 17.8 Å². The summed E-state index contributed by atoms with van der Waals surface area (Å²) in [5.74, 6) is 1.23. The van der Waals surface area contributed by atoms with Crippen molar-refractivity contribution in [1.82, 2.24) is 14.9 Å². The first-order chi connectivity index (χ1) is 13.7. The molecule has 2 atom stereocenters. The number of imidazole rings is 1. The van der Waals surface area contributed by atoms with Crippen LogP contribution in [0.5, 0.6) is 5.75 Å². The Morgan fingerprint density at radius 2 is 2.25 bits per heavy atom. The van der Waals surface area contributed by atoms with Gasteiger partial charge in [-0.2, -0.15) is 0 Å². The first-order valence-electron chi connectivity index (χ1n) is 9.58. The summed E-state index contributed by atoms with van der Waals surface area (Å²) in [6.45, 7) is 3.43. The highest BCUT2D eigenvalue weighted by atomic mass is 16.5. The maximum absolute atomic E-state index is 12.9. The van der Waals surface area contributed by atoms with E-state index in [0.29, 0.717) is 18.2 Å². The molecule has 1 N–H and O–H groups in total. The molecule has 146 valence electrons. The van der Waals surface area contributed by atoms with Crippen molar-refractivity contribution in [2.24, 2.45) is 10.9 Å². The van der Waals surface area contributed by atoms with Gasteiger partial charge in [-0.1, -0.05) is 6.08 Å². The summed E-state index contributed by atoms with van der Waals surface area (Å²) >= 11 is 0. The van der Waals surface area contributed by atoms with Gasteiger partial charge >= 0.3 is 0 Å². The fraction of sp³-hybridized carbons (Fsp3) is 0.381. The van der Waals surface area contributed by atoms with Crippen molar-refractivity contribution < 1.29 is 9.53 Å². The summed E-state index contributed by atoms with van der Waals surface area (Å²) in [4.78, 5) is 23.1. The van der Waals surface area contributed by atoms with Gasteiger partial charge in [0.05, 0.1) is 30.9 Å². The number of nitrogens with one attached hydrogen (secondary N) is 1. The third kappa shape index (κ3) is 3.71. The number of amides is 1. The van der Waals surface area contributed by atoms with E-state index >= 15 is 0 Å². The Balaban J connectivity index is 1.46. The number of aryl methyl sites for hydroxylation is 1. The van der Waals surface area contributed by atoms with E-state index in [1.54, 1.807) is 13.4 Å². The van der Waals surface area contributed by atoms with Crippen LogP contribution < -0.4 is 15.0 Å². The summed E-state index contributed by atoms with van der Waals surface area (Å²) < 4.78 is 7.50. The lowest BCUT2D eigenvalue weighted by molar-refractivity contribution is -0.118. The van der Waals surface area contributed by atoms with Crippen molar-refractivity contribution in [2.75, 3.05) is 25.1 Å². The van der Waals surface area contributed by atoms with Gasteiger partial charge in [0.2, 0.25) is 5.91 Å². The first-order valence-corrected chi connectivity index (χ1v) is 9.58. The normalized spacial score (nSPS) is 21.5. The van der Waals surface area contributed by atoms with Crippen LogP contribution >= 0.6 is 0 Å². The standard InChI is InChI=1S/C21H25N5O2/c1-15-13-25(14-24-15)19-4-3-17(11-20(19)28-2)26-10-7-18(21(26)27)23-12-16-5-8-22-9-6-16/h3-5,8-9,11,13-14,16,18,23H,6-7,10,12H2,1-2H3. The largest absolute Gasteiger partial charge is 0.494 e. The van der Waals surface area contributed by atoms with Crippen LogP contribution in [0.3, 0.4) is 0 Å². The Kier molecular flexibility index (Phi) is 5.25. The molecular weight excluding hydrogens is 354 g/mol. The monoisotopic (exact) mass is 379 g/mol. The smallest absolute Gasteiger partial charge is 0.244 e. The van der Waals surface area contributed by atoms with E-state index in [2.05, 4.69) is 21.4 Å². The second-order valence-corrected chi connectivity index (χ2v) is 7.19. The Bertz CT molecular complexity index is 917. The molecule has 7 nitrogen and oxygen atoms in total. The molecule has 1 fully saturated rings. The summed E-state index contributed by atoms with van der Waals surface area (Å²) in [5, 5.41) is 3.42. The molecule has 2 aromatic rings. The number of carbonyl (C=O) groups excluding carboxylic acids is 1. The third-order valence-electron chi connectivity index (χ3n) is 5.25. The van der Waals surface area contributed by atoms with E-state index in [9.17, 15) is 4.79 Å². The summed E-state index contributed by atoms with van der Waals surface area (Å²) in [7, 11) is 1.64. The predicted molar refractivity (Wildman–Crippen MR) is 109 cm³/mol. The number of anilines is 1. The van der Waals surface area contributed by atoms with Gasteiger partial charge in [0.25, 0.3) is 0 Å². The quantitative estimate of drug-likeness (QED) is 0.837. The molecule has 0 spiro atoms. The first kappa shape index (κ1) is 18.4. The number of hydrogen-bond acceptors (Lipinski definition) is 5. The minimum Gasteiger partial charge on any atom is -0.494 e. The van der Waals surface area contributed by atoms with Crippen LogP contribution in [0.1, 0.15) is 18.5 Å². The van der Waals surface area contributed by atoms with Crippen LogP contribution in [0.4, 0.5) is 5.69 Å². The van der Waals surface area contributed by atoms with Crippen molar-refractivity contribution in [3.63, 3.8) is 0 Å². The Morgan fingerprint density at radius 3 is 2.96 bits per heavy atom. The number of methoxy groups -OCH3 is 1. The molecule has 2 aliphatic heterocycles. The minimum atomic E-state index is -0.144. The lowest BCUT2D eigenvalue weighted by Crippen LogP contribution is -2.40. The van der Waals surface area contributed by atoms with Gasteiger partial charge in [0.1, 0.15) is 5.75 Å². The van der Waals surface area contributed by atoms with Crippen molar-refractivity contribution in [1.29, 1.82) is 0 Å². The number of benzene rings is 1. The van der Waals surface area contributed by atoms with E-state index in [0.717, 1.165) is 36.5 Å². The van der Waals surface area contributed by atoms with Gasteiger partial charge in [0, 0.05) is 43.5 Å². The lowest BCUT2D eigenvalue weighted by atomic mass is 10.0. The van der Waals surface area contributed by atoms with E-state index in [1.165, 1.54) is 0 Å². The number of aromatic nitrogens is 2. The lowest BCUT2D eigenvalue weighted by Gasteiger charge is -2.20. The molecule has 4 rings (SSSR count). The van der Waals surface area contributed by atoms with Crippen LogP contribution in [0.15, 0.2) is 48.0 Å². The van der Waals surface area contributed by atoms with Crippen molar-refractivity contribution in [3.8, 4) is 11.4 Å². The SMILES string of the molecule is COc1cc(N2CCC(NCC3C=CN=CC3)C2=O)ccc1-n1cnc(C)c1. The number of nitrogens with zero attached hydrogens (tertiary/aromatic N) is 4. The van der Waals surface area contributed by atoms with Crippen LogP contribution in [0, 0.1) is 12.8 Å². The summed E-state index contributed by atoms with van der Waals surface area (Å²) in [6, 6.07) is 5.71. The van der Waals surface area contributed by atoms with Crippen LogP contribution in [0.2, 0.25) is 0 Å². The summed E-state index contributed by atoms with van der Waals surface area (Å²) in [5.41, 5.74) is 2.70. The van der Waals surface area contributed by atoms with E-state index < -0.39 is 0 Å². The predicted octanol–water partition coefficient (Wildman–Crippen LogP) is 2.49. The number of rotatable bonds is 6. The maximum atomic E-state index is 12.9. The van der Waals surface area contributed by atoms with E-state index in [-0.39, 0.29) is 11.9 Å². The highest BCUT2D eigenvalue weighted by molar-refractivity contribution is 5.99. The topological polar surface area (TPSA) is 71.8 Å². The average molecular weight is 379 g/mol. The molecular formula is C21H25N5O2. The highest BCUT2D eigenvalue weighted by Crippen LogP contribution is 2.31. The zero-order valence-corrected chi connectivity index (χ0v) is 16.2. The van der Waals surface area contributed by atoms with Gasteiger partial charge in [-0.05, 0) is 37.8 Å². The Hall–Kier alpha value is -2.93. The molecule has 3 heterocycles. The summed E-state index contributed by atoms with van der Waals surface area (Å²) in [6.07, 6.45) is 11.3. The molecule has 28 heavy (non-hydrogen) atoms. The number of hydrogen-bond donors (Lipinski definition) is 1. The molecule has 0 aliphatic carbocycles. The molecule has 1 aromatic carbocycles. The molecule has 1 aromatic heterocycles. The second kappa shape index (κ2) is 7.98. The van der Waals surface area contributed by atoms with E-state index in [1.807, 2.05) is 53.2 Å². The number of aliphatic imine (C=N–C) groups is 1. The van der Waals surface area contributed by atoms with Crippen LogP contribution in [0.25, 0.3) is 5.69 Å². The minimum absolute atomic E-state index is 0.113. The van der Waals surface area contributed by atoms with Crippen LogP contribution in [-0.2, 0) is 4.79 Å². The molecule has 7 heteroatoms. The van der Waals surface area contributed by atoms with Gasteiger partial charge in [-0.15, -0.1) is 0 Å². The zero-order chi connectivity index (χ0) is 19.5. The third-order valence-corrected chi connectivity index (χ3v) is 5.25. The molecule has 1 saturated heterocycles. The van der Waals surface area contributed by atoms with Gasteiger partial charge in [0.15, 0.2) is 0 Å². The zero-order valence-electron chi connectivity index (χ0n) is 16.2. The van der Waals surface area contributed by atoms with Crippen molar-refractivity contribution in [2.45, 2.75) is 25.8 Å². The molecule has 0 saturated carbocycles. The van der Waals surface area contributed by atoms with Crippen LogP contribution in [-0.4, -0.2) is 47.9 Å². The molecule has 2 unspecified atom stereocenters. The number of carbonyl (C=O) groups is 1. The fourth-order valence-corrected chi connectivity index (χ4v) is 3.68. The fourth-order valence-electron chi connectivity index (χ4n) is 3.68. The number of ether oxygens (including phenoxy) is 1. The molecule has 0 bridgehead atoms. The molecule has 0 radical (unpaired) electrons. The Labute approximate surface area is 164 Å². The average Bonchev–Trinajstić information content (AvgIpc) is 3.32. The van der Waals surface area contributed by atoms with E-state index in [4.69, 9.17) is 4.74 Å². The van der Waals surface area contributed by atoms with Gasteiger partial charge in [-0.3, -0.25) is 9.79 Å². The molecule has 1 amide bonds. The van der Waals surface area contributed by atoms with Gasteiger partial charge in [-0.25, -0.2) is 4.98 Å².